The monoisotopic (exact) mass is 451 g/mol. The van der Waals surface area contributed by atoms with Gasteiger partial charge in [-0.15, -0.1) is 0 Å². The highest BCUT2D eigenvalue weighted by Gasteiger charge is 2.37. The number of para-hydroxylation sites is 1. The first kappa shape index (κ1) is 22.8. The molecule has 0 radical (unpaired) electrons. The summed E-state index contributed by atoms with van der Waals surface area (Å²) in [4.78, 5) is 28.4. The van der Waals surface area contributed by atoms with E-state index in [9.17, 15) is 14.7 Å². The fraction of sp³-hybridized carbons (Fsp3) is 0.103. The van der Waals surface area contributed by atoms with E-state index in [2.05, 4.69) is 0 Å². The first-order valence-electron chi connectivity index (χ1n) is 10.9. The van der Waals surface area contributed by atoms with E-state index in [1.165, 1.54) is 4.90 Å². The Morgan fingerprint density at radius 3 is 1.59 bits per heavy atom. The molecule has 1 unspecified atom stereocenters. The normalized spacial score (nSPS) is 11.6. The molecule has 0 aliphatic heterocycles. The number of anilines is 1. The molecule has 0 saturated carbocycles. The summed E-state index contributed by atoms with van der Waals surface area (Å²) in [7, 11) is 1.55. The number of nitrogens with zero attached hydrogens (tertiary/aromatic N) is 1. The lowest BCUT2D eigenvalue weighted by molar-refractivity contribution is -0.140. The van der Waals surface area contributed by atoms with Crippen LogP contribution in [0.15, 0.2) is 115 Å². The van der Waals surface area contributed by atoms with Crippen molar-refractivity contribution in [2.75, 3.05) is 12.0 Å². The molecule has 0 fully saturated rings. The Morgan fingerprint density at radius 2 is 1.15 bits per heavy atom. The molecule has 1 N–H and O–H groups in total. The molecule has 0 heterocycles. The van der Waals surface area contributed by atoms with Crippen LogP contribution in [0.2, 0.25) is 0 Å². The van der Waals surface area contributed by atoms with Gasteiger partial charge in [0.15, 0.2) is 6.04 Å². The number of carbonyl (C=O) groups excluding carboxylic acids is 1. The third-order valence-corrected chi connectivity index (χ3v) is 5.71. The Morgan fingerprint density at radius 1 is 0.676 bits per heavy atom. The molecule has 0 saturated heterocycles. The van der Waals surface area contributed by atoms with E-state index in [4.69, 9.17) is 4.74 Å². The van der Waals surface area contributed by atoms with Crippen LogP contribution in [0.1, 0.15) is 28.7 Å². The first-order valence-corrected chi connectivity index (χ1v) is 10.9. The lowest BCUT2D eigenvalue weighted by Gasteiger charge is -2.33. The molecule has 170 valence electrons. The summed E-state index contributed by atoms with van der Waals surface area (Å²) in [5, 5.41) is 10.3. The molecule has 0 aliphatic carbocycles. The van der Waals surface area contributed by atoms with Crippen molar-refractivity contribution in [2.45, 2.75) is 12.0 Å². The standard InChI is InChI=1S/C29H25NO4/c1-34-25-19-17-23(18-20-25)27(29(32)33)30(24-15-9-4-10-16-24)28(31)26(21-11-5-2-6-12-21)22-13-7-3-8-14-22/h2-20,26-27H,1H3,(H,32,33). The highest BCUT2D eigenvalue weighted by molar-refractivity contribution is 6.04. The van der Waals surface area contributed by atoms with Crippen molar-refractivity contribution in [3.8, 4) is 5.75 Å². The van der Waals surface area contributed by atoms with Gasteiger partial charge >= 0.3 is 5.97 Å². The van der Waals surface area contributed by atoms with Crippen LogP contribution >= 0.6 is 0 Å². The Hall–Kier alpha value is -4.38. The minimum absolute atomic E-state index is 0.327. The molecule has 5 nitrogen and oxygen atoms in total. The van der Waals surface area contributed by atoms with Crippen LogP contribution in [0.5, 0.6) is 5.75 Å². The number of benzene rings is 4. The number of carboxylic acid groups (broad SMARTS) is 1. The zero-order valence-corrected chi connectivity index (χ0v) is 18.7. The van der Waals surface area contributed by atoms with Crippen LogP contribution in [-0.2, 0) is 9.59 Å². The van der Waals surface area contributed by atoms with Crippen LogP contribution < -0.4 is 9.64 Å². The molecular weight excluding hydrogens is 426 g/mol. The second kappa shape index (κ2) is 10.5. The van der Waals surface area contributed by atoms with Gasteiger partial charge in [-0.25, -0.2) is 4.79 Å². The van der Waals surface area contributed by atoms with Gasteiger partial charge in [0.2, 0.25) is 5.91 Å². The van der Waals surface area contributed by atoms with E-state index in [0.717, 1.165) is 11.1 Å². The predicted octanol–water partition coefficient (Wildman–Crippen LogP) is 5.69. The van der Waals surface area contributed by atoms with Gasteiger partial charge in [0.05, 0.1) is 13.0 Å². The number of rotatable bonds is 8. The molecular formula is C29H25NO4. The van der Waals surface area contributed by atoms with E-state index < -0.39 is 17.9 Å². The molecule has 0 bridgehead atoms. The van der Waals surface area contributed by atoms with Gasteiger partial charge in [-0.3, -0.25) is 9.69 Å². The molecule has 4 aromatic rings. The molecule has 1 amide bonds. The van der Waals surface area contributed by atoms with E-state index in [-0.39, 0.29) is 5.91 Å². The maximum absolute atomic E-state index is 14.3. The van der Waals surface area contributed by atoms with Gasteiger partial charge in [0.1, 0.15) is 5.75 Å². The van der Waals surface area contributed by atoms with Crippen molar-refractivity contribution in [3.63, 3.8) is 0 Å². The number of carbonyl (C=O) groups is 2. The van der Waals surface area contributed by atoms with Crippen LogP contribution in [0.3, 0.4) is 0 Å². The highest BCUT2D eigenvalue weighted by Crippen LogP contribution is 2.35. The molecule has 0 spiro atoms. The van der Waals surface area contributed by atoms with Gasteiger partial charge in [0.25, 0.3) is 0 Å². The summed E-state index contributed by atoms with van der Waals surface area (Å²) in [5.41, 5.74) is 2.56. The maximum Gasteiger partial charge on any atom is 0.331 e. The van der Waals surface area contributed by atoms with Gasteiger partial charge < -0.3 is 9.84 Å². The summed E-state index contributed by atoms with van der Waals surface area (Å²) >= 11 is 0. The summed E-state index contributed by atoms with van der Waals surface area (Å²) in [6, 6.07) is 33.3. The van der Waals surface area contributed by atoms with Crippen LogP contribution in [0, 0.1) is 0 Å². The minimum Gasteiger partial charge on any atom is -0.497 e. The first-order chi connectivity index (χ1) is 16.6. The Labute approximate surface area is 198 Å². The van der Waals surface area contributed by atoms with Crippen molar-refractivity contribution >= 4 is 17.6 Å². The number of hydrogen-bond donors (Lipinski definition) is 1. The zero-order chi connectivity index (χ0) is 23.9. The molecule has 1 atom stereocenters. The number of carboxylic acids is 1. The van der Waals surface area contributed by atoms with Crippen molar-refractivity contribution in [2.24, 2.45) is 0 Å². The van der Waals surface area contributed by atoms with Gasteiger partial charge in [0, 0.05) is 5.69 Å². The fourth-order valence-electron chi connectivity index (χ4n) is 4.09. The average Bonchev–Trinajstić information content (AvgIpc) is 2.89. The Bertz CT molecular complexity index is 1190. The average molecular weight is 452 g/mol. The Kier molecular flexibility index (Phi) is 7.04. The highest BCUT2D eigenvalue weighted by atomic mass is 16.5. The van der Waals surface area contributed by atoms with Gasteiger partial charge in [-0.1, -0.05) is 91.0 Å². The van der Waals surface area contributed by atoms with Crippen LogP contribution in [0.25, 0.3) is 0 Å². The zero-order valence-electron chi connectivity index (χ0n) is 18.7. The molecule has 4 rings (SSSR count). The molecule has 0 aromatic heterocycles. The number of methoxy groups -OCH3 is 1. The third-order valence-electron chi connectivity index (χ3n) is 5.71. The summed E-state index contributed by atoms with van der Waals surface area (Å²) in [6.07, 6.45) is 0. The molecule has 4 aromatic carbocycles. The van der Waals surface area contributed by atoms with Gasteiger partial charge in [-0.05, 0) is 41.0 Å². The van der Waals surface area contributed by atoms with Crippen molar-refractivity contribution in [3.05, 3.63) is 132 Å². The molecule has 0 aliphatic rings. The second-order valence-corrected chi connectivity index (χ2v) is 7.81. The quantitative estimate of drug-likeness (QED) is 0.374. The van der Waals surface area contributed by atoms with E-state index in [1.54, 1.807) is 55.6 Å². The lowest BCUT2D eigenvalue weighted by atomic mass is 9.88. The number of hydrogen-bond acceptors (Lipinski definition) is 3. The molecule has 34 heavy (non-hydrogen) atoms. The number of amides is 1. The Balaban J connectivity index is 1.88. The fourth-order valence-corrected chi connectivity index (χ4v) is 4.09. The van der Waals surface area contributed by atoms with Crippen LogP contribution in [0.4, 0.5) is 5.69 Å². The maximum atomic E-state index is 14.3. The van der Waals surface area contributed by atoms with Crippen molar-refractivity contribution in [1.29, 1.82) is 0 Å². The summed E-state index contributed by atoms with van der Waals surface area (Å²) in [6.45, 7) is 0. The van der Waals surface area contributed by atoms with E-state index in [1.807, 2.05) is 66.7 Å². The van der Waals surface area contributed by atoms with E-state index >= 15 is 0 Å². The second-order valence-electron chi connectivity index (χ2n) is 7.81. The van der Waals surface area contributed by atoms with Gasteiger partial charge in [-0.2, -0.15) is 0 Å². The predicted molar refractivity (Wildman–Crippen MR) is 132 cm³/mol. The number of aliphatic carboxylic acids is 1. The summed E-state index contributed by atoms with van der Waals surface area (Å²) in [5.74, 6) is -1.52. The minimum atomic E-state index is -1.23. The lowest BCUT2D eigenvalue weighted by Crippen LogP contribution is -2.42. The van der Waals surface area contributed by atoms with Crippen LogP contribution in [-0.4, -0.2) is 24.1 Å². The summed E-state index contributed by atoms with van der Waals surface area (Å²) < 4.78 is 5.23. The smallest absolute Gasteiger partial charge is 0.331 e. The van der Waals surface area contributed by atoms with E-state index in [0.29, 0.717) is 17.0 Å². The number of ether oxygens (including phenoxy) is 1. The SMILES string of the molecule is COc1ccc(C(C(=O)O)N(C(=O)C(c2ccccc2)c2ccccc2)c2ccccc2)cc1. The largest absolute Gasteiger partial charge is 0.497 e. The van der Waals surface area contributed by atoms with Crippen molar-refractivity contribution in [1.82, 2.24) is 0 Å². The third kappa shape index (κ3) is 4.84. The topological polar surface area (TPSA) is 66.8 Å². The molecule has 5 heteroatoms. The van der Waals surface area contributed by atoms with Crippen molar-refractivity contribution < 1.29 is 19.4 Å².